The molecule has 28 heavy (non-hydrogen) atoms. The number of aromatic nitrogens is 1. The average Bonchev–Trinajstić information content (AvgIpc) is 2.70. The van der Waals surface area contributed by atoms with Gasteiger partial charge in [0, 0.05) is 50.9 Å². The number of nitrogens with one attached hydrogen (secondary N) is 1. The predicted molar refractivity (Wildman–Crippen MR) is 111 cm³/mol. The quantitative estimate of drug-likeness (QED) is 0.804. The summed E-state index contributed by atoms with van der Waals surface area (Å²) in [6.45, 7) is 5.99. The van der Waals surface area contributed by atoms with Gasteiger partial charge in [-0.1, -0.05) is 42.8 Å². The van der Waals surface area contributed by atoms with Gasteiger partial charge >= 0.3 is 0 Å². The first-order valence-corrected chi connectivity index (χ1v) is 10.4. The molecular weight excluding hydrogens is 348 g/mol. The Bertz CT molecular complexity index is 753. The molecule has 0 bridgehead atoms. The molecule has 1 aliphatic heterocycles. The van der Waals surface area contributed by atoms with E-state index in [2.05, 4.69) is 56.5 Å². The maximum atomic E-state index is 12.5. The number of amides is 1. The summed E-state index contributed by atoms with van der Waals surface area (Å²) >= 11 is 0. The van der Waals surface area contributed by atoms with Crippen molar-refractivity contribution in [2.24, 2.45) is 0 Å². The van der Waals surface area contributed by atoms with Crippen LogP contribution in [-0.2, 0) is 16.8 Å². The molecule has 2 fully saturated rings. The number of carbonyl (C=O) groups excluding carboxylic acids is 1. The molecule has 1 amide bonds. The van der Waals surface area contributed by atoms with Crippen LogP contribution in [0.15, 0.2) is 54.7 Å². The lowest BCUT2D eigenvalue weighted by molar-refractivity contribution is -0.123. The topological polar surface area (TPSA) is 48.5 Å². The van der Waals surface area contributed by atoms with Crippen molar-refractivity contribution in [3.8, 4) is 0 Å². The zero-order valence-corrected chi connectivity index (χ0v) is 16.5. The highest BCUT2D eigenvalue weighted by Crippen LogP contribution is 2.43. The lowest BCUT2D eigenvalue weighted by Crippen LogP contribution is -2.51. The number of benzene rings is 1. The highest BCUT2D eigenvalue weighted by molar-refractivity contribution is 5.78. The van der Waals surface area contributed by atoms with Gasteiger partial charge in [0.15, 0.2) is 0 Å². The van der Waals surface area contributed by atoms with Crippen molar-refractivity contribution in [3.63, 3.8) is 0 Å². The molecule has 1 saturated heterocycles. The Morgan fingerprint density at radius 3 is 2.32 bits per heavy atom. The van der Waals surface area contributed by atoms with Crippen molar-refractivity contribution in [1.29, 1.82) is 0 Å². The molecule has 148 valence electrons. The molecular formula is C23H30N4O. The maximum Gasteiger partial charge on any atom is 0.234 e. The Hall–Kier alpha value is -2.24. The van der Waals surface area contributed by atoms with Crippen molar-refractivity contribution in [1.82, 2.24) is 20.1 Å². The molecule has 1 aromatic heterocycles. The second-order valence-corrected chi connectivity index (χ2v) is 8.15. The van der Waals surface area contributed by atoms with Gasteiger partial charge in [-0.05, 0) is 30.5 Å². The second kappa shape index (κ2) is 8.84. The zero-order valence-electron chi connectivity index (χ0n) is 16.5. The minimum absolute atomic E-state index is 0.151. The summed E-state index contributed by atoms with van der Waals surface area (Å²) < 4.78 is 0. The first-order chi connectivity index (χ1) is 13.7. The summed E-state index contributed by atoms with van der Waals surface area (Å²) in [7, 11) is 0. The van der Waals surface area contributed by atoms with Crippen molar-refractivity contribution < 1.29 is 4.79 Å². The Morgan fingerprint density at radius 1 is 0.964 bits per heavy atom. The first kappa shape index (κ1) is 19.1. The minimum Gasteiger partial charge on any atom is -0.354 e. The van der Waals surface area contributed by atoms with Crippen molar-refractivity contribution >= 4 is 5.91 Å². The van der Waals surface area contributed by atoms with E-state index in [1.807, 2.05) is 18.3 Å². The summed E-state index contributed by atoms with van der Waals surface area (Å²) in [5, 5.41) is 3.22. The van der Waals surface area contributed by atoms with Crippen molar-refractivity contribution in [3.05, 3.63) is 66.0 Å². The van der Waals surface area contributed by atoms with Crippen LogP contribution in [0.1, 0.15) is 30.5 Å². The zero-order chi connectivity index (χ0) is 19.2. The van der Waals surface area contributed by atoms with Gasteiger partial charge in [0.1, 0.15) is 0 Å². The molecule has 1 aliphatic carbocycles. The highest BCUT2D eigenvalue weighted by Gasteiger charge is 2.38. The van der Waals surface area contributed by atoms with Crippen LogP contribution in [0.25, 0.3) is 0 Å². The molecule has 2 heterocycles. The van der Waals surface area contributed by atoms with Gasteiger partial charge in [-0.2, -0.15) is 0 Å². The van der Waals surface area contributed by atoms with E-state index >= 15 is 0 Å². The standard InChI is InChI=1S/C23H30N4O/c28-22(25-19-23(10-6-11-23)20-7-2-1-3-8-20)18-27-15-13-26(14-16-27)17-21-9-4-5-12-24-21/h1-5,7-9,12H,6,10-11,13-19H2,(H,25,28). The largest absolute Gasteiger partial charge is 0.354 e. The van der Waals surface area contributed by atoms with Gasteiger partial charge in [0.25, 0.3) is 0 Å². The number of nitrogens with zero attached hydrogens (tertiary/aromatic N) is 3. The van der Waals surface area contributed by atoms with E-state index in [0.717, 1.165) is 45.0 Å². The van der Waals surface area contributed by atoms with E-state index in [9.17, 15) is 4.79 Å². The van der Waals surface area contributed by atoms with Crippen LogP contribution in [0.5, 0.6) is 0 Å². The molecule has 4 rings (SSSR count). The van der Waals surface area contributed by atoms with Crippen LogP contribution >= 0.6 is 0 Å². The van der Waals surface area contributed by atoms with E-state index in [1.165, 1.54) is 24.8 Å². The van der Waals surface area contributed by atoms with E-state index in [4.69, 9.17) is 0 Å². The maximum absolute atomic E-state index is 12.5. The molecule has 1 N–H and O–H groups in total. The van der Waals surface area contributed by atoms with Crippen LogP contribution in [0, 0.1) is 0 Å². The lowest BCUT2D eigenvalue weighted by atomic mass is 9.64. The fourth-order valence-electron chi connectivity index (χ4n) is 4.32. The average molecular weight is 379 g/mol. The van der Waals surface area contributed by atoms with Crippen LogP contribution in [0.4, 0.5) is 0 Å². The molecule has 0 atom stereocenters. The van der Waals surface area contributed by atoms with E-state index in [-0.39, 0.29) is 11.3 Å². The Balaban J connectivity index is 1.21. The van der Waals surface area contributed by atoms with Gasteiger partial charge in [0.2, 0.25) is 5.91 Å². The summed E-state index contributed by atoms with van der Waals surface area (Å²) in [6.07, 6.45) is 5.44. The number of carbonyl (C=O) groups is 1. The third-order valence-corrected chi connectivity index (χ3v) is 6.26. The molecule has 2 aromatic rings. The van der Waals surface area contributed by atoms with Crippen LogP contribution < -0.4 is 5.32 Å². The third-order valence-electron chi connectivity index (χ3n) is 6.26. The summed E-state index contributed by atoms with van der Waals surface area (Å²) in [6, 6.07) is 16.7. The minimum atomic E-state index is 0.151. The highest BCUT2D eigenvalue weighted by atomic mass is 16.2. The number of rotatable bonds is 7. The molecule has 1 aromatic carbocycles. The van der Waals surface area contributed by atoms with E-state index < -0.39 is 0 Å². The number of piperazine rings is 1. The SMILES string of the molecule is O=C(CN1CCN(Cc2ccccn2)CC1)NCC1(c2ccccc2)CCC1. The van der Waals surface area contributed by atoms with Gasteiger partial charge < -0.3 is 5.32 Å². The van der Waals surface area contributed by atoms with Crippen molar-refractivity contribution in [2.45, 2.75) is 31.2 Å². The number of pyridine rings is 1. The first-order valence-electron chi connectivity index (χ1n) is 10.4. The normalized spacial score (nSPS) is 19.7. The van der Waals surface area contributed by atoms with Crippen LogP contribution in [0.3, 0.4) is 0 Å². The molecule has 0 unspecified atom stereocenters. The monoisotopic (exact) mass is 378 g/mol. The summed E-state index contributed by atoms with van der Waals surface area (Å²) in [4.78, 5) is 21.6. The fraction of sp³-hybridized carbons (Fsp3) is 0.478. The molecule has 2 aliphatic rings. The Labute approximate surface area is 167 Å². The second-order valence-electron chi connectivity index (χ2n) is 8.15. The molecule has 1 saturated carbocycles. The van der Waals surface area contributed by atoms with Gasteiger partial charge in [-0.3, -0.25) is 19.6 Å². The number of hydrogen-bond donors (Lipinski definition) is 1. The fourth-order valence-corrected chi connectivity index (χ4v) is 4.32. The van der Waals surface area contributed by atoms with Crippen molar-refractivity contribution in [2.75, 3.05) is 39.3 Å². The molecule has 5 nitrogen and oxygen atoms in total. The third kappa shape index (κ3) is 4.59. The molecule has 5 heteroatoms. The summed E-state index contributed by atoms with van der Waals surface area (Å²) in [5.74, 6) is 0.153. The molecule has 0 radical (unpaired) electrons. The predicted octanol–water partition coefficient (Wildman–Crippen LogP) is 2.44. The number of hydrogen-bond acceptors (Lipinski definition) is 4. The van der Waals surface area contributed by atoms with E-state index in [0.29, 0.717) is 6.54 Å². The van der Waals surface area contributed by atoms with Gasteiger partial charge in [-0.15, -0.1) is 0 Å². The Kier molecular flexibility index (Phi) is 6.03. The summed E-state index contributed by atoms with van der Waals surface area (Å²) in [5.41, 5.74) is 2.63. The Morgan fingerprint density at radius 2 is 1.68 bits per heavy atom. The van der Waals surface area contributed by atoms with E-state index in [1.54, 1.807) is 0 Å². The lowest BCUT2D eigenvalue weighted by Gasteiger charge is -2.43. The smallest absolute Gasteiger partial charge is 0.234 e. The van der Waals surface area contributed by atoms with Gasteiger partial charge in [0.05, 0.1) is 12.2 Å². The van der Waals surface area contributed by atoms with Crippen LogP contribution in [0.2, 0.25) is 0 Å². The van der Waals surface area contributed by atoms with Gasteiger partial charge in [-0.25, -0.2) is 0 Å². The van der Waals surface area contributed by atoms with Crippen LogP contribution in [-0.4, -0.2) is 60.0 Å². The molecule has 0 spiro atoms.